The second kappa shape index (κ2) is 6.05. The summed E-state index contributed by atoms with van der Waals surface area (Å²) in [5, 5.41) is 8.84. The van der Waals surface area contributed by atoms with E-state index >= 15 is 0 Å². The molecule has 0 atom stereocenters. The van der Waals surface area contributed by atoms with Crippen LogP contribution in [0.15, 0.2) is 46.9 Å². The lowest BCUT2D eigenvalue weighted by atomic mass is 10.1. The van der Waals surface area contributed by atoms with Gasteiger partial charge in [-0.25, -0.2) is 9.18 Å². The molecule has 0 aromatic heterocycles. The SMILES string of the molecule is CN(C(=O)c1c(F)cccc1Br)c1ccc(C(=O)O)cc1. The average molecular weight is 352 g/mol. The molecule has 0 radical (unpaired) electrons. The number of carbonyl (C=O) groups is 2. The van der Waals surface area contributed by atoms with E-state index in [1.165, 1.54) is 48.3 Å². The maximum Gasteiger partial charge on any atom is 0.335 e. The third-order valence-corrected chi connectivity index (χ3v) is 3.64. The number of hydrogen-bond acceptors (Lipinski definition) is 2. The lowest BCUT2D eigenvalue weighted by Crippen LogP contribution is -2.27. The second-order valence-electron chi connectivity index (χ2n) is 4.31. The van der Waals surface area contributed by atoms with Crippen LogP contribution in [0.4, 0.5) is 10.1 Å². The highest BCUT2D eigenvalue weighted by Crippen LogP contribution is 2.24. The Morgan fingerprint density at radius 3 is 2.29 bits per heavy atom. The Balaban J connectivity index is 2.33. The fourth-order valence-electron chi connectivity index (χ4n) is 1.81. The van der Waals surface area contributed by atoms with Crippen LogP contribution >= 0.6 is 15.9 Å². The molecule has 1 amide bonds. The smallest absolute Gasteiger partial charge is 0.335 e. The Hall–Kier alpha value is -2.21. The number of carboxylic acids is 1. The van der Waals surface area contributed by atoms with Gasteiger partial charge in [0.05, 0.1) is 11.1 Å². The van der Waals surface area contributed by atoms with Gasteiger partial charge in [0.25, 0.3) is 5.91 Å². The molecule has 1 N–H and O–H groups in total. The molecule has 0 saturated heterocycles. The van der Waals surface area contributed by atoms with Crippen molar-refractivity contribution in [3.05, 3.63) is 63.9 Å². The zero-order valence-electron chi connectivity index (χ0n) is 11.0. The lowest BCUT2D eigenvalue weighted by Gasteiger charge is -2.18. The zero-order valence-corrected chi connectivity index (χ0v) is 12.6. The number of nitrogens with zero attached hydrogens (tertiary/aromatic N) is 1. The van der Waals surface area contributed by atoms with Crippen molar-refractivity contribution in [1.82, 2.24) is 0 Å². The minimum absolute atomic E-state index is 0.0673. The Morgan fingerprint density at radius 2 is 1.76 bits per heavy atom. The van der Waals surface area contributed by atoms with Crippen molar-refractivity contribution >= 4 is 33.5 Å². The Bertz CT molecular complexity index is 680. The summed E-state index contributed by atoms with van der Waals surface area (Å²) in [5.41, 5.74) is 0.522. The summed E-state index contributed by atoms with van der Waals surface area (Å²) in [5.74, 6) is -2.20. The third kappa shape index (κ3) is 3.11. The molecule has 2 rings (SSSR count). The van der Waals surface area contributed by atoms with Crippen LogP contribution in [-0.4, -0.2) is 24.0 Å². The molecule has 6 heteroatoms. The average Bonchev–Trinajstić information content (AvgIpc) is 2.46. The largest absolute Gasteiger partial charge is 0.478 e. The van der Waals surface area contributed by atoms with Crippen LogP contribution in [0.2, 0.25) is 0 Å². The first-order valence-corrected chi connectivity index (χ1v) is 6.76. The Labute approximate surface area is 128 Å². The summed E-state index contributed by atoms with van der Waals surface area (Å²) < 4.78 is 14.2. The molecule has 0 aliphatic rings. The first-order chi connectivity index (χ1) is 9.91. The molecule has 21 heavy (non-hydrogen) atoms. The van der Waals surface area contributed by atoms with Gasteiger partial charge in [0, 0.05) is 17.2 Å². The number of halogens is 2. The quantitative estimate of drug-likeness (QED) is 0.919. The molecule has 0 spiro atoms. The number of rotatable bonds is 3. The van der Waals surface area contributed by atoms with Crippen molar-refractivity contribution in [3.8, 4) is 0 Å². The van der Waals surface area contributed by atoms with Crippen LogP contribution in [0.5, 0.6) is 0 Å². The van der Waals surface area contributed by atoms with Gasteiger partial charge in [-0.1, -0.05) is 6.07 Å². The molecule has 0 aliphatic carbocycles. The molecular formula is C15H11BrFNO3. The normalized spacial score (nSPS) is 10.2. The maximum atomic E-state index is 13.8. The van der Waals surface area contributed by atoms with E-state index in [2.05, 4.69) is 15.9 Å². The predicted octanol–water partition coefficient (Wildman–Crippen LogP) is 3.56. The van der Waals surface area contributed by atoms with E-state index in [4.69, 9.17) is 5.11 Å². The van der Waals surface area contributed by atoms with E-state index in [-0.39, 0.29) is 11.1 Å². The van der Waals surface area contributed by atoms with Gasteiger partial charge < -0.3 is 10.0 Å². The van der Waals surface area contributed by atoms with E-state index < -0.39 is 17.7 Å². The van der Waals surface area contributed by atoms with Crippen molar-refractivity contribution in [2.24, 2.45) is 0 Å². The summed E-state index contributed by atoms with van der Waals surface area (Å²) >= 11 is 3.15. The van der Waals surface area contributed by atoms with Gasteiger partial charge in [-0.15, -0.1) is 0 Å². The van der Waals surface area contributed by atoms with E-state index in [0.29, 0.717) is 10.2 Å². The molecule has 0 unspecified atom stereocenters. The minimum Gasteiger partial charge on any atom is -0.478 e. The van der Waals surface area contributed by atoms with Crippen LogP contribution in [0.3, 0.4) is 0 Å². The minimum atomic E-state index is -1.05. The summed E-state index contributed by atoms with van der Waals surface area (Å²) in [6, 6.07) is 10.1. The first-order valence-electron chi connectivity index (χ1n) is 5.97. The molecule has 0 bridgehead atoms. The van der Waals surface area contributed by atoms with Crippen molar-refractivity contribution < 1.29 is 19.1 Å². The number of carboxylic acid groups (broad SMARTS) is 1. The van der Waals surface area contributed by atoms with Gasteiger partial charge in [-0.3, -0.25) is 4.79 Å². The Morgan fingerprint density at radius 1 is 1.14 bits per heavy atom. The molecule has 2 aromatic rings. The maximum absolute atomic E-state index is 13.8. The summed E-state index contributed by atoms with van der Waals surface area (Å²) in [7, 11) is 1.50. The molecule has 0 fully saturated rings. The van der Waals surface area contributed by atoms with E-state index in [9.17, 15) is 14.0 Å². The fraction of sp³-hybridized carbons (Fsp3) is 0.0667. The van der Waals surface area contributed by atoms with Gasteiger partial charge in [0.2, 0.25) is 0 Å². The Kier molecular flexibility index (Phi) is 4.37. The van der Waals surface area contributed by atoms with Gasteiger partial charge in [-0.05, 0) is 52.3 Å². The second-order valence-corrected chi connectivity index (χ2v) is 5.17. The summed E-state index contributed by atoms with van der Waals surface area (Å²) in [6.45, 7) is 0. The van der Waals surface area contributed by atoms with Crippen molar-refractivity contribution in [2.45, 2.75) is 0 Å². The van der Waals surface area contributed by atoms with E-state index in [1.54, 1.807) is 6.07 Å². The van der Waals surface area contributed by atoms with E-state index in [0.717, 1.165) is 0 Å². The molecule has 4 nitrogen and oxygen atoms in total. The molecule has 0 aliphatic heterocycles. The standard InChI is InChI=1S/C15H11BrFNO3/c1-18(10-7-5-9(6-8-10)15(20)21)14(19)13-11(16)3-2-4-12(13)17/h2-8H,1H3,(H,20,21). The third-order valence-electron chi connectivity index (χ3n) is 2.98. The van der Waals surface area contributed by atoms with Gasteiger partial charge in [0.15, 0.2) is 0 Å². The highest BCUT2D eigenvalue weighted by atomic mass is 79.9. The molecule has 108 valence electrons. The molecular weight excluding hydrogens is 341 g/mol. The summed E-state index contributed by atoms with van der Waals surface area (Å²) in [6.07, 6.45) is 0. The van der Waals surface area contributed by atoms with Crippen LogP contribution in [0, 0.1) is 5.82 Å². The molecule has 0 heterocycles. The summed E-state index contributed by atoms with van der Waals surface area (Å²) in [4.78, 5) is 24.4. The van der Waals surface area contributed by atoms with Gasteiger partial charge >= 0.3 is 5.97 Å². The number of amides is 1. The lowest BCUT2D eigenvalue weighted by molar-refractivity contribution is 0.0696. The highest BCUT2D eigenvalue weighted by molar-refractivity contribution is 9.10. The van der Waals surface area contributed by atoms with Crippen LogP contribution in [0.25, 0.3) is 0 Å². The van der Waals surface area contributed by atoms with E-state index in [1.807, 2.05) is 0 Å². The monoisotopic (exact) mass is 351 g/mol. The number of anilines is 1. The van der Waals surface area contributed by atoms with Crippen LogP contribution in [-0.2, 0) is 0 Å². The van der Waals surface area contributed by atoms with Crippen molar-refractivity contribution in [2.75, 3.05) is 11.9 Å². The molecule has 0 saturated carbocycles. The number of hydrogen-bond donors (Lipinski definition) is 1. The number of benzene rings is 2. The zero-order chi connectivity index (χ0) is 15.6. The first kappa shape index (κ1) is 15.2. The predicted molar refractivity (Wildman–Crippen MR) is 80.2 cm³/mol. The fourth-order valence-corrected chi connectivity index (χ4v) is 2.33. The number of carbonyl (C=O) groups excluding carboxylic acids is 1. The van der Waals surface area contributed by atoms with Gasteiger partial charge in [0.1, 0.15) is 5.82 Å². The molecule has 2 aromatic carbocycles. The van der Waals surface area contributed by atoms with Crippen LogP contribution < -0.4 is 4.90 Å². The highest BCUT2D eigenvalue weighted by Gasteiger charge is 2.20. The topological polar surface area (TPSA) is 57.6 Å². The van der Waals surface area contributed by atoms with Crippen molar-refractivity contribution in [3.63, 3.8) is 0 Å². The van der Waals surface area contributed by atoms with Gasteiger partial charge in [-0.2, -0.15) is 0 Å². The van der Waals surface area contributed by atoms with Crippen LogP contribution in [0.1, 0.15) is 20.7 Å². The number of aromatic carboxylic acids is 1. The van der Waals surface area contributed by atoms with Crippen molar-refractivity contribution in [1.29, 1.82) is 0 Å².